The fourth-order valence-corrected chi connectivity index (χ4v) is 12.3. The molecule has 4 heterocycles. The Morgan fingerprint density at radius 1 is 0.500 bits per heavy atom. The predicted molar refractivity (Wildman–Crippen MR) is 134 cm³/mol. The summed E-state index contributed by atoms with van der Waals surface area (Å²) in [4.78, 5) is 0. The lowest BCUT2D eigenvalue weighted by Crippen LogP contribution is -2.34. The Kier molecular flexibility index (Phi) is 3.73. The first kappa shape index (κ1) is 17.6. The van der Waals surface area contributed by atoms with Crippen LogP contribution in [0.15, 0.2) is 24.3 Å². The van der Waals surface area contributed by atoms with E-state index in [0.717, 1.165) is 0 Å². The number of fused-ring (bicyclic) bond motifs is 6. The molecule has 0 unspecified atom stereocenters. The van der Waals surface area contributed by atoms with Crippen molar-refractivity contribution in [2.24, 2.45) is 0 Å². The Morgan fingerprint density at radius 3 is 1.23 bits per heavy atom. The molecular formula is C20H22S4Si2. The molecule has 0 nitrogen and oxygen atoms in total. The number of hydrogen-bond acceptors (Lipinski definition) is 4. The van der Waals surface area contributed by atoms with Crippen LogP contribution in [-0.2, 0) is 0 Å². The highest BCUT2D eigenvalue weighted by Gasteiger charge is 2.23. The van der Waals surface area contributed by atoms with Gasteiger partial charge in [0.25, 0.3) is 0 Å². The van der Waals surface area contributed by atoms with E-state index in [-0.39, 0.29) is 0 Å². The molecule has 6 heteroatoms. The molecule has 1 aromatic carbocycles. The second-order valence-corrected chi connectivity index (χ2v) is 24.2. The minimum Gasteiger partial charge on any atom is -0.143 e. The van der Waals surface area contributed by atoms with Gasteiger partial charge in [0.2, 0.25) is 0 Å². The third-order valence-electron chi connectivity index (χ3n) is 4.89. The molecule has 26 heavy (non-hydrogen) atoms. The van der Waals surface area contributed by atoms with Gasteiger partial charge >= 0.3 is 0 Å². The van der Waals surface area contributed by atoms with Crippen molar-refractivity contribution in [3.63, 3.8) is 0 Å². The largest absolute Gasteiger partial charge is 0.143 e. The zero-order chi connectivity index (χ0) is 18.4. The highest BCUT2D eigenvalue weighted by molar-refractivity contribution is 7.39. The Hall–Kier alpha value is -0.506. The maximum atomic E-state index is 2.48. The maximum absolute atomic E-state index is 2.48. The molecule has 0 bridgehead atoms. The molecule has 0 saturated carbocycles. The summed E-state index contributed by atoms with van der Waals surface area (Å²) in [5.74, 6) is 0. The topological polar surface area (TPSA) is 0 Å². The van der Waals surface area contributed by atoms with Gasteiger partial charge in [0.15, 0.2) is 0 Å². The van der Waals surface area contributed by atoms with Crippen molar-refractivity contribution >= 4 is 109 Å². The minimum atomic E-state index is -1.23. The van der Waals surface area contributed by atoms with Crippen molar-refractivity contribution < 1.29 is 0 Å². The molecule has 0 atom stereocenters. The van der Waals surface area contributed by atoms with Crippen molar-refractivity contribution in [3.8, 4) is 0 Å². The Bertz CT molecular complexity index is 1200. The highest BCUT2D eigenvalue weighted by Crippen LogP contribution is 2.44. The Balaban J connectivity index is 1.78. The van der Waals surface area contributed by atoms with E-state index in [0.29, 0.717) is 0 Å². The number of benzene rings is 1. The van der Waals surface area contributed by atoms with E-state index in [1.54, 1.807) is 9.00 Å². The summed E-state index contributed by atoms with van der Waals surface area (Å²) in [6.45, 7) is 14.7. The van der Waals surface area contributed by atoms with Gasteiger partial charge in [0.05, 0.1) is 25.5 Å². The van der Waals surface area contributed by atoms with Crippen LogP contribution in [0.5, 0.6) is 0 Å². The standard InChI is InChI=1S/C20H22S4Si2/c1-25(2,3)17-9-15-19(23-17)11-7-14-12(8-13(11)21-15)20-16(22-14)10-18(24-20)26(4,5)6/h7-10H,1-6H3. The monoisotopic (exact) mass is 446 g/mol. The smallest absolute Gasteiger partial charge is 0.0904 e. The van der Waals surface area contributed by atoms with E-state index in [4.69, 9.17) is 0 Å². The van der Waals surface area contributed by atoms with Gasteiger partial charge in [0, 0.05) is 29.6 Å². The summed E-state index contributed by atoms with van der Waals surface area (Å²) >= 11 is 8.07. The summed E-state index contributed by atoms with van der Waals surface area (Å²) in [6.07, 6.45) is 0. The van der Waals surface area contributed by atoms with Crippen LogP contribution in [0.25, 0.3) is 39.0 Å². The molecule has 0 saturated heterocycles. The summed E-state index contributed by atoms with van der Waals surface area (Å²) in [5, 5.41) is 2.96. The summed E-state index contributed by atoms with van der Waals surface area (Å²) in [7, 11) is -2.46. The summed E-state index contributed by atoms with van der Waals surface area (Å²) < 4.78 is 12.2. The van der Waals surface area contributed by atoms with Crippen LogP contribution in [0.1, 0.15) is 0 Å². The first-order valence-corrected chi connectivity index (χ1v) is 19.2. The van der Waals surface area contributed by atoms with Crippen LogP contribution >= 0.6 is 45.3 Å². The Morgan fingerprint density at radius 2 is 0.885 bits per heavy atom. The van der Waals surface area contributed by atoms with E-state index in [2.05, 4.69) is 63.5 Å². The fourth-order valence-electron chi connectivity index (χ4n) is 3.34. The first-order valence-electron chi connectivity index (χ1n) is 8.94. The molecule has 0 amide bonds. The van der Waals surface area contributed by atoms with Gasteiger partial charge in [-0.1, -0.05) is 39.3 Å². The van der Waals surface area contributed by atoms with Gasteiger partial charge in [-0.3, -0.25) is 0 Å². The van der Waals surface area contributed by atoms with Crippen LogP contribution in [0.2, 0.25) is 39.3 Å². The molecule has 4 aromatic heterocycles. The van der Waals surface area contributed by atoms with E-state index in [1.165, 1.54) is 39.0 Å². The average molecular weight is 447 g/mol. The van der Waals surface area contributed by atoms with Crippen molar-refractivity contribution in [1.82, 2.24) is 0 Å². The zero-order valence-electron chi connectivity index (χ0n) is 15.9. The minimum absolute atomic E-state index is 1.23. The third-order valence-corrected chi connectivity index (χ3v) is 16.8. The van der Waals surface area contributed by atoms with Crippen molar-refractivity contribution in [3.05, 3.63) is 24.3 Å². The summed E-state index contributed by atoms with van der Waals surface area (Å²) in [6, 6.07) is 9.91. The van der Waals surface area contributed by atoms with Crippen molar-refractivity contribution in [2.45, 2.75) is 39.3 Å². The molecule has 0 aliphatic heterocycles. The van der Waals surface area contributed by atoms with Gasteiger partial charge in [0.1, 0.15) is 0 Å². The third kappa shape index (κ3) is 2.61. The lowest BCUT2D eigenvalue weighted by Gasteiger charge is -2.12. The predicted octanol–water partition coefficient (Wildman–Crippen LogP) is 7.64. The van der Waals surface area contributed by atoms with E-state index in [1.807, 2.05) is 45.3 Å². The highest BCUT2D eigenvalue weighted by atomic mass is 32.1. The molecule has 5 rings (SSSR count). The summed E-state index contributed by atoms with van der Waals surface area (Å²) in [5.41, 5.74) is 0. The van der Waals surface area contributed by atoms with Crippen molar-refractivity contribution in [2.75, 3.05) is 0 Å². The van der Waals surface area contributed by atoms with Crippen LogP contribution < -0.4 is 9.00 Å². The number of thiophene rings is 4. The van der Waals surface area contributed by atoms with E-state index < -0.39 is 16.1 Å². The molecule has 0 aliphatic carbocycles. The second kappa shape index (κ2) is 5.52. The van der Waals surface area contributed by atoms with Crippen LogP contribution in [0.4, 0.5) is 0 Å². The second-order valence-electron chi connectivity index (χ2n) is 9.16. The molecule has 0 aliphatic rings. The van der Waals surface area contributed by atoms with Crippen molar-refractivity contribution in [1.29, 1.82) is 0 Å². The van der Waals surface area contributed by atoms with Crippen LogP contribution in [0, 0.1) is 0 Å². The molecule has 0 fully saturated rings. The molecule has 0 N–H and O–H groups in total. The molecule has 5 aromatic rings. The van der Waals surface area contributed by atoms with Crippen LogP contribution in [0.3, 0.4) is 0 Å². The number of hydrogen-bond donors (Lipinski definition) is 0. The number of rotatable bonds is 2. The van der Waals surface area contributed by atoms with Gasteiger partial charge < -0.3 is 0 Å². The van der Waals surface area contributed by atoms with Crippen LogP contribution in [-0.4, -0.2) is 16.1 Å². The van der Waals surface area contributed by atoms with Gasteiger partial charge in [-0.25, -0.2) is 0 Å². The Labute approximate surface area is 172 Å². The molecular weight excluding hydrogens is 425 g/mol. The maximum Gasteiger partial charge on any atom is 0.0904 e. The van der Waals surface area contributed by atoms with E-state index >= 15 is 0 Å². The average Bonchev–Trinajstić information content (AvgIpc) is 3.20. The van der Waals surface area contributed by atoms with Gasteiger partial charge in [-0.15, -0.1) is 45.3 Å². The fraction of sp³-hybridized carbons (Fsp3) is 0.300. The molecule has 134 valence electrons. The van der Waals surface area contributed by atoms with Gasteiger partial charge in [-0.05, 0) is 33.3 Å². The normalized spacial score (nSPS) is 13.8. The van der Waals surface area contributed by atoms with Gasteiger partial charge in [-0.2, -0.15) is 0 Å². The quantitative estimate of drug-likeness (QED) is 0.244. The molecule has 0 spiro atoms. The SMILES string of the molecule is C[Si](C)(C)c1cc2sc3cc4c(cc3c2s1)sc1cc([Si](C)(C)C)sc14. The zero-order valence-corrected chi connectivity index (χ0v) is 21.2. The lowest BCUT2D eigenvalue weighted by molar-refractivity contribution is 1.79. The van der Waals surface area contributed by atoms with E-state index in [9.17, 15) is 0 Å². The molecule has 0 radical (unpaired) electrons. The lowest BCUT2D eigenvalue weighted by atomic mass is 10.2. The first-order chi connectivity index (χ1) is 12.1.